The van der Waals surface area contributed by atoms with Gasteiger partial charge in [0, 0.05) is 31.1 Å². The lowest BCUT2D eigenvalue weighted by Crippen LogP contribution is -2.42. The van der Waals surface area contributed by atoms with Gasteiger partial charge in [0.25, 0.3) is 0 Å². The lowest BCUT2D eigenvalue weighted by Gasteiger charge is -2.19. The maximum atomic E-state index is 11.6. The second kappa shape index (κ2) is 8.60. The number of carbonyl (C=O) groups excluding carboxylic acids is 1. The fraction of sp³-hybridized carbons (Fsp3) is 0.474. The Balaban J connectivity index is 1.77. The van der Waals surface area contributed by atoms with Gasteiger partial charge in [0.15, 0.2) is 5.96 Å². The third-order valence-electron chi connectivity index (χ3n) is 3.67. The molecule has 7 heteroatoms. The molecule has 0 aliphatic rings. The molecule has 0 saturated heterocycles. The zero-order valence-electron chi connectivity index (χ0n) is 16.1. The minimum Gasteiger partial charge on any atom is -0.459 e. The van der Waals surface area contributed by atoms with Crippen LogP contribution in [0.3, 0.4) is 0 Å². The molecule has 0 bridgehead atoms. The molecule has 2 rings (SSSR count). The van der Waals surface area contributed by atoms with Crippen molar-refractivity contribution < 1.29 is 13.9 Å². The summed E-state index contributed by atoms with van der Waals surface area (Å²) in [6.45, 7) is 9.02. The van der Waals surface area contributed by atoms with Crippen LogP contribution in [0, 0.1) is 6.92 Å². The number of alkyl carbamates (subject to hydrolysis) is 1. The Kier molecular flexibility index (Phi) is 6.49. The van der Waals surface area contributed by atoms with Crippen molar-refractivity contribution in [1.29, 1.82) is 0 Å². The summed E-state index contributed by atoms with van der Waals surface area (Å²) in [6.07, 6.45) is -0.430. The number of para-hydroxylation sites is 1. The molecule has 0 spiro atoms. The van der Waals surface area contributed by atoms with Gasteiger partial charge in [0.05, 0.1) is 6.54 Å². The number of guanidine groups is 1. The maximum absolute atomic E-state index is 11.6. The molecule has 0 radical (unpaired) electrons. The normalized spacial score (nSPS) is 12.1. The Morgan fingerprint density at radius 1 is 1.15 bits per heavy atom. The zero-order valence-corrected chi connectivity index (χ0v) is 16.1. The summed E-state index contributed by atoms with van der Waals surface area (Å²) in [5, 5.41) is 10.2. The predicted molar refractivity (Wildman–Crippen MR) is 103 cm³/mol. The van der Waals surface area contributed by atoms with Crippen molar-refractivity contribution in [2.75, 3.05) is 20.1 Å². The van der Waals surface area contributed by atoms with E-state index < -0.39 is 11.7 Å². The Labute approximate surface area is 154 Å². The molecule has 3 N–H and O–H groups in total. The molecule has 2 aromatic rings. The second-order valence-electron chi connectivity index (χ2n) is 6.93. The number of hydrogen-bond acceptors (Lipinski definition) is 4. The van der Waals surface area contributed by atoms with Gasteiger partial charge in [0.2, 0.25) is 0 Å². The van der Waals surface area contributed by atoms with Crippen LogP contribution in [-0.4, -0.2) is 37.8 Å². The molecule has 0 unspecified atom stereocenters. The highest BCUT2D eigenvalue weighted by atomic mass is 16.6. The highest BCUT2D eigenvalue weighted by Crippen LogP contribution is 2.24. The molecule has 0 aliphatic carbocycles. The number of aliphatic imine (C=N–C) groups is 1. The summed E-state index contributed by atoms with van der Waals surface area (Å²) in [5.41, 5.74) is 1.50. The predicted octanol–water partition coefficient (Wildman–Crippen LogP) is 2.93. The van der Waals surface area contributed by atoms with Crippen LogP contribution in [0.5, 0.6) is 0 Å². The molecule has 0 atom stereocenters. The zero-order chi connectivity index (χ0) is 19.2. The molecular weight excluding hydrogens is 332 g/mol. The topological polar surface area (TPSA) is 87.9 Å². The minimum atomic E-state index is -0.500. The molecule has 1 amide bonds. The van der Waals surface area contributed by atoms with Crippen molar-refractivity contribution in [3.63, 3.8) is 0 Å². The van der Waals surface area contributed by atoms with Crippen molar-refractivity contribution in [3.8, 4) is 0 Å². The van der Waals surface area contributed by atoms with E-state index in [1.807, 2.05) is 52.0 Å². The first-order valence-electron chi connectivity index (χ1n) is 8.68. The summed E-state index contributed by atoms with van der Waals surface area (Å²) >= 11 is 0. The highest BCUT2D eigenvalue weighted by Gasteiger charge is 2.15. The van der Waals surface area contributed by atoms with Gasteiger partial charge in [-0.05, 0) is 33.8 Å². The second-order valence-corrected chi connectivity index (χ2v) is 6.93. The van der Waals surface area contributed by atoms with Crippen LogP contribution in [0.25, 0.3) is 11.0 Å². The molecule has 1 aromatic carbocycles. The van der Waals surface area contributed by atoms with Crippen LogP contribution < -0.4 is 16.0 Å². The van der Waals surface area contributed by atoms with Crippen LogP contribution in [0.15, 0.2) is 33.7 Å². The van der Waals surface area contributed by atoms with Crippen LogP contribution in [0.2, 0.25) is 0 Å². The van der Waals surface area contributed by atoms with Crippen molar-refractivity contribution >= 4 is 23.0 Å². The average molecular weight is 360 g/mol. The molecular formula is C19H28N4O3. The minimum absolute atomic E-state index is 0.430. The number of benzene rings is 1. The van der Waals surface area contributed by atoms with E-state index >= 15 is 0 Å². The fourth-order valence-corrected chi connectivity index (χ4v) is 2.44. The van der Waals surface area contributed by atoms with E-state index in [9.17, 15) is 4.79 Å². The van der Waals surface area contributed by atoms with Crippen molar-refractivity contribution in [2.45, 2.75) is 39.8 Å². The molecule has 0 aliphatic heterocycles. The summed E-state index contributed by atoms with van der Waals surface area (Å²) in [4.78, 5) is 15.8. The van der Waals surface area contributed by atoms with E-state index in [-0.39, 0.29) is 0 Å². The van der Waals surface area contributed by atoms with Gasteiger partial charge in [-0.3, -0.25) is 4.99 Å². The van der Waals surface area contributed by atoms with Gasteiger partial charge < -0.3 is 25.1 Å². The quantitative estimate of drug-likeness (QED) is 0.433. The largest absolute Gasteiger partial charge is 0.459 e. The lowest BCUT2D eigenvalue weighted by atomic mass is 10.1. The standard InChI is InChI=1S/C19H28N4O3/c1-13-14-8-6-7-9-15(14)25-16(13)12-23-17(20-5)21-10-11-22-18(24)26-19(2,3)4/h6-9H,10-12H2,1-5H3,(H,22,24)(H2,20,21,23). The average Bonchev–Trinajstić information content (AvgIpc) is 2.89. The van der Waals surface area contributed by atoms with Gasteiger partial charge >= 0.3 is 6.09 Å². The summed E-state index contributed by atoms with van der Waals surface area (Å²) < 4.78 is 11.1. The third-order valence-corrected chi connectivity index (χ3v) is 3.67. The molecule has 1 heterocycles. The number of nitrogens with one attached hydrogen (secondary N) is 3. The van der Waals surface area contributed by atoms with Gasteiger partial charge in [-0.25, -0.2) is 4.79 Å². The van der Waals surface area contributed by atoms with E-state index in [0.717, 1.165) is 22.3 Å². The number of ether oxygens (including phenoxy) is 1. The maximum Gasteiger partial charge on any atom is 0.407 e. The van der Waals surface area contributed by atoms with Gasteiger partial charge in [-0.15, -0.1) is 0 Å². The first-order valence-corrected chi connectivity index (χ1v) is 8.68. The molecule has 142 valence electrons. The monoisotopic (exact) mass is 360 g/mol. The number of nitrogens with zero attached hydrogens (tertiary/aromatic N) is 1. The number of carbonyl (C=O) groups is 1. The van der Waals surface area contributed by atoms with Crippen LogP contribution >= 0.6 is 0 Å². The number of furan rings is 1. The van der Waals surface area contributed by atoms with Gasteiger partial charge in [0.1, 0.15) is 16.9 Å². The van der Waals surface area contributed by atoms with Crippen molar-refractivity contribution in [1.82, 2.24) is 16.0 Å². The number of amides is 1. The van der Waals surface area contributed by atoms with Crippen molar-refractivity contribution in [2.24, 2.45) is 4.99 Å². The van der Waals surface area contributed by atoms with Gasteiger partial charge in [-0.2, -0.15) is 0 Å². The first kappa shape index (κ1) is 19.6. The molecule has 1 aromatic heterocycles. The number of rotatable bonds is 5. The summed E-state index contributed by atoms with van der Waals surface area (Å²) in [6, 6.07) is 7.97. The Hall–Kier alpha value is -2.70. The lowest BCUT2D eigenvalue weighted by molar-refractivity contribution is 0.0529. The van der Waals surface area contributed by atoms with E-state index in [1.54, 1.807) is 7.05 Å². The van der Waals surface area contributed by atoms with E-state index in [1.165, 1.54) is 0 Å². The Morgan fingerprint density at radius 3 is 2.50 bits per heavy atom. The van der Waals surface area contributed by atoms with E-state index in [4.69, 9.17) is 9.15 Å². The smallest absolute Gasteiger partial charge is 0.407 e. The van der Waals surface area contributed by atoms with Crippen LogP contribution in [-0.2, 0) is 11.3 Å². The van der Waals surface area contributed by atoms with Crippen LogP contribution in [0.1, 0.15) is 32.1 Å². The van der Waals surface area contributed by atoms with E-state index in [0.29, 0.717) is 25.6 Å². The SMILES string of the molecule is CN=C(NCCNC(=O)OC(C)(C)C)NCc1oc2ccccc2c1C. The highest BCUT2D eigenvalue weighted by molar-refractivity contribution is 5.83. The van der Waals surface area contributed by atoms with Gasteiger partial charge in [-0.1, -0.05) is 18.2 Å². The molecule has 0 saturated carbocycles. The number of fused-ring (bicyclic) bond motifs is 1. The first-order chi connectivity index (χ1) is 12.3. The summed E-state index contributed by atoms with van der Waals surface area (Å²) in [5.74, 6) is 1.51. The molecule has 26 heavy (non-hydrogen) atoms. The molecule has 7 nitrogen and oxygen atoms in total. The van der Waals surface area contributed by atoms with Crippen LogP contribution in [0.4, 0.5) is 4.79 Å². The number of hydrogen-bond donors (Lipinski definition) is 3. The Morgan fingerprint density at radius 2 is 1.85 bits per heavy atom. The third kappa shape index (κ3) is 5.68. The van der Waals surface area contributed by atoms with E-state index in [2.05, 4.69) is 20.9 Å². The number of aryl methyl sites for hydroxylation is 1. The van der Waals surface area contributed by atoms with Crippen molar-refractivity contribution in [3.05, 3.63) is 35.6 Å². The fourth-order valence-electron chi connectivity index (χ4n) is 2.44. The summed E-state index contributed by atoms with van der Waals surface area (Å²) in [7, 11) is 1.70. The molecule has 0 fully saturated rings. The Bertz CT molecular complexity index is 775.